The lowest BCUT2D eigenvalue weighted by molar-refractivity contribution is 0.128. The van der Waals surface area contributed by atoms with Gasteiger partial charge in [0.2, 0.25) is 0 Å². The first kappa shape index (κ1) is 12.6. The van der Waals surface area contributed by atoms with Crippen molar-refractivity contribution < 1.29 is 13.6 Å². The lowest BCUT2D eigenvalue weighted by Gasteiger charge is -2.01. The van der Waals surface area contributed by atoms with Gasteiger partial charge in [0.25, 0.3) is 0 Å². The van der Waals surface area contributed by atoms with Gasteiger partial charge in [0.15, 0.2) is 0 Å². The lowest BCUT2D eigenvalue weighted by Crippen LogP contribution is -1.93. The van der Waals surface area contributed by atoms with E-state index in [2.05, 4.69) is 18.3 Å². The lowest BCUT2D eigenvalue weighted by atomic mass is 10.2. The molecule has 0 saturated carbocycles. The molecule has 1 radical (unpaired) electrons. The highest BCUT2D eigenvalue weighted by Crippen LogP contribution is 2.10. The van der Waals surface area contributed by atoms with Crippen LogP contribution >= 0.6 is 0 Å². The smallest absolute Gasteiger partial charge is 0.145 e. The normalized spacial score (nSPS) is 10.9. The molecule has 0 aliphatic carbocycles. The molecule has 1 aromatic rings. The highest BCUT2D eigenvalue weighted by atomic mass is 19.1. The average Bonchev–Trinajstić information content (AvgIpc) is 2.28. The second-order valence-corrected chi connectivity index (χ2v) is 3.36. The number of hydrogen-bond acceptors (Lipinski definition) is 2. The third kappa shape index (κ3) is 4.38. The molecule has 1 aromatic carbocycles. The fraction of sp³-hybridized carbons (Fsp3) is 0.417. The molecule has 0 heterocycles. The zero-order chi connectivity index (χ0) is 11.8. The van der Waals surface area contributed by atoms with E-state index < -0.39 is 11.6 Å². The van der Waals surface area contributed by atoms with Crippen LogP contribution < -0.4 is 0 Å². The van der Waals surface area contributed by atoms with Crippen molar-refractivity contribution in [3.8, 4) is 0 Å². The fourth-order valence-corrected chi connectivity index (χ4v) is 1.10. The van der Waals surface area contributed by atoms with E-state index in [1.165, 1.54) is 0 Å². The van der Waals surface area contributed by atoms with Crippen molar-refractivity contribution in [2.75, 3.05) is 0 Å². The van der Waals surface area contributed by atoms with Crippen molar-refractivity contribution >= 4 is 6.21 Å². The van der Waals surface area contributed by atoms with Crippen molar-refractivity contribution in [2.24, 2.45) is 5.16 Å². The minimum atomic E-state index is -0.495. The maximum Gasteiger partial charge on any atom is 0.145 e. The van der Waals surface area contributed by atoms with Crippen LogP contribution in [0.5, 0.6) is 0 Å². The highest BCUT2D eigenvalue weighted by molar-refractivity contribution is 5.56. The van der Waals surface area contributed by atoms with Crippen molar-refractivity contribution in [1.29, 1.82) is 0 Å². The van der Waals surface area contributed by atoms with Crippen LogP contribution in [0.1, 0.15) is 31.7 Å². The number of halogens is 2. The first-order valence-corrected chi connectivity index (χ1v) is 5.23. The summed E-state index contributed by atoms with van der Waals surface area (Å²) in [5.41, 5.74) is 0.154. The van der Waals surface area contributed by atoms with Crippen LogP contribution in [0.3, 0.4) is 0 Å². The molecule has 0 saturated heterocycles. The van der Waals surface area contributed by atoms with Gasteiger partial charge in [-0.15, -0.1) is 0 Å². The second kappa shape index (κ2) is 6.93. The summed E-state index contributed by atoms with van der Waals surface area (Å²) in [6, 6.07) is 3.23. The molecule has 1 rings (SSSR count). The summed E-state index contributed by atoms with van der Waals surface area (Å²) < 4.78 is 25.8. The van der Waals surface area contributed by atoms with E-state index in [0.29, 0.717) is 6.42 Å². The van der Waals surface area contributed by atoms with E-state index >= 15 is 0 Å². The summed E-state index contributed by atoms with van der Waals surface area (Å²) in [6.07, 6.45) is 5.43. The van der Waals surface area contributed by atoms with Gasteiger partial charge in [-0.1, -0.05) is 18.5 Å². The Kier molecular flexibility index (Phi) is 5.46. The molecular formula is C12H14F2NO. The number of hydrogen-bond donors (Lipinski definition) is 0. The predicted octanol–water partition coefficient (Wildman–Crippen LogP) is 3.53. The summed E-state index contributed by atoms with van der Waals surface area (Å²) in [5.74, 6) is -0.982. The Bertz CT molecular complexity index is 353. The molecule has 2 nitrogen and oxygen atoms in total. The first-order chi connectivity index (χ1) is 7.74. The summed E-state index contributed by atoms with van der Waals surface area (Å²) in [4.78, 5) is 4.81. The number of unbranched alkanes of at least 4 members (excludes halogenated alkanes) is 2. The third-order valence-corrected chi connectivity index (χ3v) is 2.00. The van der Waals surface area contributed by atoms with Gasteiger partial charge in [0.05, 0.1) is 0 Å². The van der Waals surface area contributed by atoms with Crippen LogP contribution in [-0.2, 0) is 11.4 Å². The molecule has 0 unspecified atom stereocenters. The standard InChI is InChI=1S/C12H14F2NO/c1-2-3-4-7-15-16-9-10-8-11(13)5-6-12(10)14/h5-6,8H,2-4,9H2,1H3. The van der Waals surface area contributed by atoms with Gasteiger partial charge in [-0.25, -0.2) is 8.78 Å². The van der Waals surface area contributed by atoms with Gasteiger partial charge in [-0.3, -0.25) is 0 Å². The van der Waals surface area contributed by atoms with E-state index in [0.717, 1.165) is 31.0 Å². The van der Waals surface area contributed by atoms with Gasteiger partial charge in [0.1, 0.15) is 24.5 Å². The van der Waals surface area contributed by atoms with Crippen LogP contribution in [0.4, 0.5) is 8.78 Å². The predicted molar refractivity (Wildman–Crippen MR) is 58.1 cm³/mol. The molecule has 0 amide bonds. The van der Waals surface area contributed by atoms with E-state index in [1.54, 1.807) is 0 Å². The van der Waals surface area contributed by atoms with Crippen molar-refractivity contribution in [3.63, 3.8) is 0 Å². The van der Waals surface area contributed by atoms with Gasteiger partial charge >= 0.3 is 0 Å². The summed E-state index contributed by atoms with van der Waals surface area (Å²) >= 11 is 0. The van der Waals surface area contributed by atoms with Crippen molar-refractivity contribution in [1.82, 2.24) is 0 Å². The van der Waals surface area contributed by atoms with Crippen LogP contribution in [0, 0.1) is 11.6 Å². The summed E-state index contributed by atoms with van der Waals surface area (Å²) in [5, 5.41) is 3.54. The average molecular weight is 226 g/mol. The molecule has 4 heteroatoms. The van der Waals surface area contributed by atoms with Crippen LogP contribution in [-0.4, -0.2) is 6.21 Å². The van der Waals surface area contributed by atoms with Gasteiger partial charge in [-0.2, -0.15) is 0 Å². The van der Waals surface area contributed by atoms with Crippen LogP contribution in [0.15, 0.2) is 23.4 Å². The van der Waals surface area contributed by atoms with E-state index in [1.807, 2.05) is 0 Å². The molecule has 0 bridgehead atoms. The molecule has 87 valence electrons. The zero-order valence-corrected chi connectivity index (χ0v) is 9.17. The largest absolute Gasteiger partial charge is 0.391 e. The highest BCUT2D eigenvalue weighted by Gasteiger charge is 2.03. The molecular weight excluding hydrogens is 212 g/mol. The monoisotopic (exact) mass is 226 g/mol. The third-order valence-electron chi connectivity index (χ3n) is 2.00. The Morgan fingerprint density at radius 2 is 2.19 bits per heavy atom. The number of benzene rings is 1. The Balaban J connectivity index is 2.36. The molecule has 0 spiro atoms. The van der Waals surface area contributed by atoms with Crippen molar-refractivity contribution in [3.05, 3.63) is 35.4 Å². The minimum absolute atomic E-state index is 0.0806. The molecule has 0 atom stereocenters. The van der Waals surface area contributed by atoms with Crippen LogP contribution in [0.2, 0.25) is 0 Å². The topological polar surface area (TPSA) is 21.6 Å². The second-order valence-electron chi connectivity index (χ2n) is 3.36. The SMILES string of the molecule is CCCC/[C]=N/OCc1cc(F)ccc1F. The fourth-order valence-electron chi connectivity index (χ4n) is 1.10. The zero-order valence-electron chi connectivity index (χ0n) is 9.17. The Hall–Kier alpha value is -1.45. The molecule has 0 aliphatic heterocycles. The molecule has 16 heavy (non-hydrogen) atoms. The Morgan fingerprint density at radius 1 is 1.38 bits per heavy atom. The van der Waals surface area contributed by atoms with E-state index in [4.69, 9.17) is 4.84 Å². The van der Waals surface area contributed by atoms with E-state index in [-0.39, 0.29) is 12.2 Å². The maximum absolute atomic E-state index is 13.1. The van der Waals surface area contributed by atoms with Crippen molar-refractivity contribution in [2.45, 2.75) is 32.8 Å². The number of rotatable bonds is 6. The molecule has 0 aliphatic rings. The maximum atomic E-state index is 13.1. The van der Waals surface area contributed by atoms with Crippen LogP contribution in [0.25, 0.3) is 0 Å². The molecule has 0 N–H and O–H groups in total. The van der Waals surface area contributed by atoms with Gasteiger partial charge in [0, 0.05) is 5.56 Å². The van der Waals surface area contributed by atoms with E-state index in [9.17, 15) is 8.78 Å². The summed E-state index contributed by atoms with van der Waals surface area (Å²) in [7, 11) is 0. The Morgan fingerprint density at radius 3 is 2.94 bits per heavy atom. The molecule has 0 fully saturated rings. The van der Waals surface area contributed by atoms with Gasteiger partial charge in [-0.05, 0) is 31.0 Å². The quantitative estimate of drug-likeness (QED) is 0.413. The number of nitrogens with zero attached hydrogens (tertiary/aromatic N) is 1. The Labute approximate surface area is 93.9 Å². The summed E-state index contributed by atoms with van der Waals surface area (Å²) in [6.45, 7) is 1.98. The molecule has 0 aromatic heterocycles. The first-order valence-electron chi connectivity index (χ1n) is 5.23. The minimum Gasteiger partial charge on any atom is -0.391 e. The van der Waals surface area contributed by atoms with Gasteiger partial charge < -0.3 is 4.84 Å².